The number of rotatable bonds is 8. The number of carbonyl (C=O) groups excluding carboxylic acids is 1. The van der Waals surface area contributed by atoms with Crippen molar-refractivity contribution in [1.29, 1.82) is 0 Å². The molecule has 0 amide bonds. The van der Waals surface area contributed by atoms with Crippen molar-refractivity contribution in [2.45, 2.75) is 33.3 Å². The zero-order chi connectivity index (χ0) is 19.3. The van der Waals surface area contributed by atoms with Crippen molar-refractivity contribution < 1.29 is 13.6 Å². The van der Waals surface area contributed by atoms with E-state index >= 15 is 0 Å². The fraction of sp³-hybridized carbons (Fsp3) is 0.316. The first kappa shape index (κ1) is 21.6. The van der Waals surface area contributed by atoms with E-state index < -0.39 is 26.0 Å². The lowest BCUT2D eigenvalue weighted by Gasteiger charge is -2.26. The molecule has 2 rings (SSSR count). The van der Waals surface area contributed by atoms with E-state index in [0.717, 1.165) is 0 Å². The number of benzene rings is 2. The Bertz CT molecular complexity index is 694. The quantitative estimate of drug-likeness (QED) is 0.355. The minimum absolute atomic E-state index is 0.177. The Labute approximate surface area is 179 Å². The second kappa shape index (κ2) is 10.0. The van der Waals surface area contributed by atoms with Crippen LogP contribution in [0.3, 0.4) is 0 Å². The van der Waals surface area contributed by atoms with Crippen molar-refractivity contribution in [3.05, 3.63) is 70.8 Å². The van der Waals surface area contributed by atoms with Crippen LogP contribution in [0.15, 0.2) is 48.5 Å². The van der Waals surface area contributed by atoms with Crippen LogP contribution in [0.5, 0.6) is 0 Å². The normalized spacial score (nSPS) is 15.9. The molecule has 7 heteroatoms. The number of Topliss-reactive ketones (excluding diaryl/α,β-unsaturated/α-hetero) is 1. The Hall–Kier alpha value is -0.650. The largest absolute Gasteiger partial charge is 0.326 e. The predicted molar refractivity (Wildman–Crippen MR) is 117 cm³/mol. The van der Waals surface area contributed by atoms with Crippen molar-refractivity contribution in [2.75, 3.05) is 0 Å². The maximum absolute atomic E-state index is 14.5. The lowest BCUT2D eigenvalue weighted by molar-refractivity contribution is -0.123. The first-order valence-corrected chi connectivity index (χ1v) is 10.6. The van der Waals surface area contributed by atoms with E-state index in [2.05, 4.69) is 0 Å². The van der Waals surface area contributed by atoms with Gasteiger partial charge >= 0.3 is 0 Å². The average Bonchev–Trinajstić information content (AvgIpc) is 2.62. The average molecular weight is 584 g/mol. The first-order chi connectivity index (χ1) is 12.4. The van der Waals surface area contributed by atoms with Crippen molar-refractivity contribution in [1.82, 2.24) is 0 Å². The van der Waals surface area contributed by atoms with Crippen molar-refractivity contribution >= 4 is 51.0 Å². The molecule has 0 bridgehead atoms. The van der Waals surface area contributed by atoms with Crippen molar-refractivity contribution in [3.8, 4) is 0 Å². The molecule has 0 saturated carbocycles. The van der Waals surface area contributed by atoms with E-state index in [-0.39, 0.29) is 13.1 Å². The lowest BCUT2D eigenvalue weighted by atomic mass is 9.82. The van der Waals surface area contributed by atoms with Gasteiger partial charge in [-0.05, 0) is 67.4 Å². The second-order valence-electron chi connectivity index (χ2n) is 5.83. The molecule has 3 nitrogen and oxygen atoms in total. The zero-order valence-electron chi connectivity index (χ0n) is 13.9. The van der Waals surface area contributed by atoms with Gasteiger partial charge in [-0.1, -0.05) is 48.5 Å². The molecular formula is C19H20F2I2N2O. The van der Waals surface area contributed by atoms with Crippen LogP contribution in [0, 0.1) is 0 Å². The summed E-state index contributed by atoms with van der Waals surface area (Å²) in [5.41, 5.74) is 13.9. The Balaban J connectivity index is 2.55. The molecule has 0 heterocycles. The van der Waals surface area contributed by atoms with Crippen LogP contribution < -0.4 is 11.5 Å². The van der Waals surface area contributed by atoms with Crippen LogP contribution in [-0.4, -0.2) is 14.1 Å². The molecule has 0 aliphatic rings. The summed E-state index contributed by atoms with van der Waals surface area (Å²) in [6.45, 7) is 0.354. The lowest BCUT2D eigenvalue weighted by Crippen LogP contribution is -2.30. The molecular weight excluding hydrogens is 564 g/mol. The highest BCUT2D eigenvalue weighted by atomic mass is 127. The molecule has 26 heavy (non-hydrogen) atoms. The predicted octanol–water partition coefficient (Wildman–Crippen LogP) is 4.50. The molecule has 0 aromatic heterocycles. The van der Waals surface area contributed by atoms with Crippen LogP contribution in [0.2, 0.25) is 0 Å². The third-order valence-electron chi connectivity index (χ3n) is 4.34. The topological polar surface area (TPSA) is 69.1 Å². The molecule has 2 aromatic carbocycles. The Morgan fingerprint density at radius 2 is 1.15 bits per heavy atom. The van der Waals surface area contributed by atoms with Crippen LogP contribution in [0.1, 0.15) is 34.1 Å². The first-order valence-electron chi connectivity index (χ1n) is 8.08. The standard InChI is InChI=1S/C19H20F2I2N2O/c20-18(22)15(13-7-3-1-5-11(13)9-24)17(26)16(19(21)23)14-8-4-2-6-12(14)10-25/h1-8,15-16,18-19H,9-10,24-25H2. The van der Waals surface area contributed by atoms with E-state index in [0.29, 0.717) is 22.3 Å². The van der Waals surface area contributed by atoms with Gasteiger partial charge in [0.2, 0.25) is 0 Å². The van der Waals surface area contributed by atoms with Gasteiger partial charge < -0.3 is 11.5 Å². The van der Waals surface area contributed by atoms with Crippen molar-refractivity contribution in [3.63, 3.8) is 0 Å². The Kier molecular flexibility index (Phi) is 8.37. The van der Waals surface area contributed by atoms with Gasteiger partial charge in [0.25, 0.3) is 0 Å². The number of carbonyl (C=O) groups is 1. The summed E-state index contributed by atoms with van der Waals surface area (Å²) in [7, 11) is 0. The van der Waals surface area contributed by atoms with Gasteiger partial charge in [-0.25, -0.2) is 8.78 Å². The number of nitrogens with two attached hydrogens (primary N) is 2. The molecule has 2 aromatic rings. The van der Waals surface area contributed by atoms with Gasteiger partial charge in [0, 0.05) is 13.1 Å². The van der Waals surface area contributed by atoms with Crippen LogP contribution in [0.4, 0.5) is 8.78 Å². The van der Waals surface area contributed by atoms with Crippen LogP contribution in [0.25, 0.3) is 0 Å². The molecule has 140 valence electrons. The van der Waals surface area contributed by atoms with E-state index in [1.54, 1.807) is 93.7 Å². The van der Waals surface area contributed by atoms with Crippen LogP contribution >= 0.6 is 45.2 Å². The fourth-order valence-corrected chi connectivity index (χ4v) is 4.55. The van der Waals surface area contributed by atoms with Gasteiger partial charge in [-0.3, -0.25) is 4.79 Å². The molecule has 0 aliphatic carbocycles. The van der Waals surface area contributed by atoms with Crippen LogP contribution in [-0.2, 0) is 17.9 Å². The number of ketones is 1. The van der Waals surface area contributed by atoms with Gasteiger partial charge in [0.05, 0.1) is 11.8 Å². The van der Waals surface area contributed by atoms with Crippen molar-refractivity contribution in [2.24, 2.45) is 11.5 Å². The summed E-state index contributed by atoms with van der Waals surface area (Å²) in [6, 6.07) is 13.9. The summed E-state index contributed by atoms with van der Waals surface area (Å²) in [5.74, 6) is -2.70. The van der Waals surface area contributed by atoms with E-state index in [1.807, 2.05) is 0 Å². The second-order valence-corrected chi connectivity index (χ2v) is 8.21. The maximum atomic E-state index is 14.5. The third-order valence-corrected chi connectivity index (χ3v) is 5.78. The molecule has 4 N–H and O–H groups in total. The molecule has 0 spiro atoms. The molecule has 4 unspecified atom stereocenters. The highest BCUT2D eigenvalue weighted by Gasteiger charge is 2.39. The number of halogens is 4. The van der Waals surface area contributed by atoms with Gasteiger partial charge in [0.15, 0.2) is 14.1 Å². The molecule has 0 fully saturated rings. The molecule has 0 aliphatic heterocycles. The number of alkyl halides is 4. The Morgan fingerprint density at radius 1 is 0.808 bits per heavy atom. The zero-order valence-corrected chi connectivity index (χ0v) is 18.2. The summed E-state index contributed by atoms with van der Waals surface area (Å²) in [6.07, 6.45) is 0. The minimum Gasteiger partial charge on any atom is -0.326 e. The summed E-state index contributed by atoms with van der Waals surface area (Å²) < 4.78 is 26.0. The highest BCUT2D eigenvalue weighted by Crippen LogP contribution is 2.39. The van der Waals surface area contributed by atoms with E-state index in [9.17, 15) is 13.6 Å². The Morgan fingerprint density at radius 3 is 1.46 bits per heavy atom. The molecule has 4 atom stereocenters. The monoisotopic (exact) mass is 584 g/mol. The smallest absolute Gasteiger partial charge is 0.164 e. The fourth-order valence-electron chi connectivity index (χ4n) is 3.07. The maximum Gasteiger partial charge on any atom is 0.164 e. The molecule has 0 radical (unpaired) electrons. The number of hydrogen-bond donors (Lipinski definition) is 2. The summed E-state index contributed by atoms with van der Waals surface area (Å²) >= 11 is 3.14. The van der Waals surface area contributed by atoms with Gasteiger partial charge in [0.1, 0.15) is 0 Å². The SMILES string of the molecule is NCc1ccccc1C(C(=O)C(c1ccccc1CN)C(F)I)C(F)I. The minimum atomic E-state index is -1.50. The van der Waals surface area contributed by atoms with E-state index in [1.165, 1.54) is 0 Å². The van der Waals surface area contributed by atoms with Gasteiger partial charge in [-0.2, -0.15) is 0 Å². The summed E-state index contributed by atoms with van der Waals surface area (Å²) in [4.78, 5) is 13.3. The van der Waals surface area contributed by atoms with Gasteiger partial charge in [-0.15, -0.1) is 0 Å². The molecule has 0 saturated heterocycles. The summed E-state index contributed by atoms with van der Waals surface area (Å²) in [5, 5.41) is 0. The van der Waals surface area contributed by atoms with E-state index in [4.69, 9.17) is 11.5 Å². The highest BCUT2D eigenvalue weighted by molar-refractivity contribution is 14.1. The number of hydrogen-bond acceptors (Lipinski definition) is 3. The third kappa shape index (κ3) is 4.79.